The quantitative estimate of drug-likeness (QED) is 0.847. The maximum Gasteiger partial charge on any atom is 0.241 e. The number of carbonyl (C=O) groups excluding carboxylic acids is 1. The topological polar surface area (TPSA) is 72.9 Å². The fourth-order valence-electron chi connectivity index (χ4n) is 1.99. The molecule has 0 saturated heterocycles. The normalized spacial score (nSPS) is 11.6. The molecule has 0 aliphatic heterocycles. The van der Waals surface area contributed by atoms with Crippen molar-refractivity contribution in [1.29, 1.82) is 0 Å². The number of aryl methyl sites for hydroxylation is 1. The van der Waals surface area contributed by atoms with Crippen molar-refractivity contribution in [1.82, 2.24) is 9.55 Å². The van der Waals surface area contributed by atoms with Gasteiger partial charge in [0.05, 0.1) is 6.04 Å². The first-order valence-electron chi connectivity index (χ1n) is 6.75. The third-order valence-corrected chi connectivity index (χ3v) is 3.82. The van der Waals surface area contributed by atoms with Gasteiger partial charge >= 0.3 is 0 Å². The van der Waals surface area contributed by atoms with Gasteiger partial charge in [-0.1, -0.05) is 12.1 Å². The van der Waals surface area contributed by atoms with Crippen LogP contribution in [-0.4, -0.2) is 33.5 Å². The number of imidazole rings is 1. The van der Waals surface area contributed by atoms with E-state index >= 15 is 0 Å². The second-order valence-corrected chi connectivity index (χ2v) is 5.81. The van der Waals surface area contributed by atoms with Gasteiger partial charge in [-0.25, -0.2) is 4.98 Å². The van der Waals surface area contributed by atoms with Gasteiger partial charge in [0.2, 0.25) is 5.91 Å². The minimum absolute atomic E-state index is 0. The van der Waals surface area contributed by atoms with Crippen molar-refractivity contribution in [2.24, 2.45) is 12.8 Å². The third-order valence-electron chi connectivity index (χ3n) is 3.18. The Balaban J connectivity index is 0.00000242. The molecule has 1 amide bonds. The van der Waals surface area contributed by atoms with Gasteiger partial charge in [-0.15, -0.1) is 12.4 Å². The lowest BCUT2D eigenvalue weighted by Crippen LogP contribution is -2.36. The number of rotatable bonds is 6. The van der Waals surface area contributed by atoms with Crippen LogP contribution in [0.5, 0.6) is 0 Å². The van der Waals surface area contributed by atoms with E-state index in [9.17, 15) is 4.79 Å². The molecule has 0 unspecified atom stereocenters. The standard InChI is InChI=1S/C15H20N4OS.ClH/c1-19-8-7-17-14(19)11-4-3-5-12(10-11)18-15(20)13(16)6-9-21-2;/h3-5,7-8,10,13H,6,9,16H2,1-2H3,(H,18,20);1H/t13-;/m0./s1. The Kier molecular flexibility index (Phi) is 7.44. The summed E-state index contributed by atoms with van der Waals surface area (Å²) in [5, 5.41) is 2.86. The number of thioether (sulfide) groups is 1. The molecule has 1 atom stereocenters. The molecule has 0 fully saturated rings. The second-order valence-electron chi connectivity index (χ2n) is 4.82. The molecule has 0 radical (unpaired) electrons. The molecule has 3 N–H and O–H groups in total. The zero-order valence-electron chi connectivity index (χ0n) is 12.7. The molecule has 7 heteroatoms. The highest BCUT2D eigenvalue weighted by Gasteiger charge is 2.13. The van der Waals surface area contributed by atoms with Gasteiger partial charge < -0.3 is 15.6 Å². The molecule has 0 saturated carbocycles. The molecule has 0 aliphatic rings. The Morgan fingerprint density at radius 3 is 2.91 bits per heavy atom. The molecule has 2 rings (SSSR count). The molecule has 1 aromatic heterocycles. The van der Waals surface area contributed by atoms with Gasteiger partial charge in [-0.2, -0.15) is 11.8 Å². The molecule has 0 aliphatic carbocycles. The summed E-state index contributed by atoms with van der Waals surface area (Å²) in [6.45, 7) is 0. The van der Waals surface area contributed by atoms with Crippen LogP contribution in [0.1, 0.15) is 6.42 Å². The maximum atomic E-state index is 12.0. The number of amides is 1. The Bertz CT molecular complexity index is 617. The summed E-state index contributed by atoms with van der Waals surface area (Å²) in [5.41, 5.74) is 7.56. The Morgan fingerprint density at radius 2 is 2.27 bits per heavy atom. The van der Waals surface area contributed by atoms with Crippen molar-refractivity contribution in [3.63, 3.8) is 0 Å². The molecule has 0 spiro atoms. The molecule has 0 bridgehead atoms. The van der Waals surface area contributed by atoms with E-state index < -0.39 is 6.04 Å². The predicted molar refractivity (Wildman–Crippen MR) is 95.5 cm³/mol. The van der Waals surface area contributed by atoms with Crippen molar-refractivity contribution in [2.75, 3.05) is 17.3 Å². The van der Waals surface area contributed by atoms with Gasteiger partial charge in [0.15, 0.2) is 0 Å². The monoisotopic (exact) mass is 340 g/mol. The van der Waals surface area contributed by atoms with Crippen molar-refractivity contribution in [3.05, 3.63) is 36.7 Å². The zero-order chi connectivity index (χ0) is 15.2. The van der Waals surface area contributed by atoms with E-state index in [0.29, 0.717) is 6.42 Å². The predicted octanol–water partition coefficient (Wildman–Crippen LogP) is 2.53. The highest BCUT2D eigenvalue weighted by molar-refractivity contribution is 7.98. The van der Waals surface area contributed by atoms with Crippen LogP contribution in [0.4, 0.5) is 5.69 Å². The smallest absolute Gasteiger partial charge is 0.241 e. The van der Waals surface area contributed by atoms with E-state index in [1.54, 1.807) is 18.0 Å². The summed E-state index contributed by atoms with van der Waals surface area (Å²) in [6, 6.07) is 7.14. The Morgan fingerprint density at radius 1 is 1.50 bits per heavy atom. The van der Waals surface area contributed by atoms with Crippen LogP contribution >= 0.6 is 24.2 Å². The average molecular weight is 341 g/mol. The average Bonchev–Trinajstić information content (AvgIpc) is 2.91. The summed E-state index contributed by atoms with van der Waals surface area (Å²) in [6.07, 6.45) is 6.31. The van der Waals surface area contributed by atoms with Crippen molar-refractivity contribution in [3.8, 4) is 11.4 Å². The first-order valence-corrected chi connectivity index (χ1v) is 8.14. The highest BCUT2D eigenvalue weighted by atomic mass is 35.5. The van der Waals surface area contributed by atoms with E-state index in [-0.39, 0.29) is 18.3 Å². The molecule has 1 heterocycles. The van der Waals surface area contributed by atoms with Crippen LogP contribution in [0.25, 0.3) is 11.4 Å². The van der Waals surface area contributed by atoms with Crippen LogP contribution in [0, 0.1) is 0 Å². The third kappa shape index (κ3) is 4.76. The van der Waals surface area contributed by atoms with E-state index in [1.807, 2.05) is 48.3 Å². The van der Waals surface area contributed by atoms with E-state index in [1.165, 1.54) is 0 Å². The van der Waals surface area contributed by atoms with Gasteiger partial charge in [-0.05, 0) is 30.6 Å². The summed E-state index contributed by atoms with van der Waals surface area (Å²) in [5.74, 6) is 1.58. The molecular formula is C15H21ClN4OS. The van der Waals surface area contributed by atoms with Crippen LogP contribution in [-0.2, 0) is 11.8 Å². The minimum Gasteiger partial charge on any atom is -0.334 e. The van der Waals surface area contributed by atoms with Gasteiger partial charge in [0, 0.05) is 30.7 Å². The number of hydrogen-bond acceptors (Lipinski definition) is 4. The zero-order valence-corrected chi connectivity index (χ0v) is 14.3. The molecule has 2 aromatic rings. The van der Waals surface area contributed by atoms with E-state index in [0.717, 1.165) is 22.8 Å². The summed E-state index contributed by atoms with van der Waals surface area (Å²) in [4.78, 5) is 16.3. The van der Waals surface area contributed by atoms with Gasteiger partial charge in [-0.3, -0.25) is 4.79 Å². The van der Waals surface area contributed by atoms with Gasteiger partial charge in [0.1, 0.15) is 5.82 Å². The number of anilines is 1. The molecule has 120 valence electrons. The number of halogens is 1. The fraction of sp³-hybridized carbons (Fsp3) is 0.333. The van der Waals surface area contributed by atoms with Gasteiger partial charge in [0.25, 0.3) is 0 Å². The fourth-order valence-corrected chi connectivity index (χ4v) is 2.48. The van der Waals surface area contributed by atoms with Crippen molar-refractivity contribution >= 4 is 35.8 Å². The van der Waals surface area contributed by atoms with Crippen LogP contribution < -0.4 is 11.1 Å². The lowest BCUT2D eigenvalue weighted by atomic mass is 10.1. The number of benzene rings is 1. The van der Waals surface area contributed by atoms with Crippen LogP contribution in [0.15, 0.2) is 36.7 Å². The second kappa shape index (κ2) is 8.82. The van der Waals surface area contributed by atoms with E-state index in [2.05, 4.69) is 10.3 Å². The Hall–Kier alpha value is -1.50. The highest BCUT2D eigenvalue weighted by Crippen LogP contribution is 2.20. The lowest BCUT2D eigenvalue weighted by Gasteiger charge is -2.12. The number of aromatic nitrogens is 2. The summed E-state index contributed by atoms with van der Waals surface area (Å²) >= 11 is 1.68. The summed E-state index contributed by atoms with van der Waals surface area (Å²) < 4.78 is 1.94. The SMILES string of the molecule is CSCC[C@H](N)C(=O)Nc1cccc(-c2nccn2C)c1.Cl. The number of nitrogens with two attached hydrogens (primary N) is 1. The largest absolute Gasteiger partial charge is 0.334 e. The van der Waals surface area contributed by atoms with Crippen molar-refractivity contribution < 1.29 is 4.79 Å². The first-order chi connectivity index (χ1) is 10.1. The van der Waals surface area contributed by atoms with Crippen molar-refractivity contribution in [2.45, 2.75) is 12.5 Å². The number of hydrogen-bond donors (Lipinski definition) is 2. The lowest BCUT2D eigenvalue weighted by molar-refractivity contribution is -0.117. The number of nitrogens with one attached hydrogen (secondary N) is 1. The number of nitrogens with zero attached hydrogens (tertiary/aromatic N) is 2. The molecular weight excluding hydrogens is 320 g/mol. The Labute approximate surface area is 141 Å². The number of carbonyl (C=O) groups is 1. The van der Waals surface area contributed by atoms with Crippen LogP contribution in [0.2, 0.25) is 0 Å². The summed E-state index contributed by atoms with van der Waals surface area (Å²) in [7, 11) is 1.94. The molecule has 1 aromatic carbocycles. The minimum atomic E-state index is -0.478. The first kappa shape index (κ1) is 18.5. The maximum absolute atomic E-state index is 12.0. The molecule has 22 heavy (non-hydrogen) atoms. The van der Waals surface area contributed by atoms with Crippen LogP contribution in [0.3, 0.4) is 0 Å². The van der Waals surface area contributed by atoms with E-state index in [4.69, 9.17) is 5.73 Å². The molecule has 5 nitrogen and oxygen atoms in total.